The monoisotopic (exact) mass is 297 g/mol. The highest BCUT2D eigenvalue weighted by atomic mass is 31.2. The van der Waals surface area contributed by atoms with Crippen molar-refractivity contribution in [1.82, 2.24) is 4.98 Å². The van der Waals surface area contributed by atoms with E-state index in [1.54, 1.807) is 12.3 Å². The van der Waals surface area contributed by atoms with Crippen molar-refractivity contribution < 1.29 is 13.6 Å². The second kappa shape index (κ2) is 9.87. The summed E-state index contributed by atoms with van der Waals surface area (Å²) in [6.45, 7) is 5.03. The van der Waals surface area contributed by atoms with Crippen molar-refractivity contribution in [3.8, 4) is 0 Å². The molecule has 4 nitrogen and oxygen atoms in total. The van der Waals surface area contributed by atoms with Gasteiger partial charge < -0.3 is 9.05 Å². The third-order valence-electron chi connectivity index (χ3n) is 2.65. The summed E-state index contributed by atoms with van der Waals surface area (Å²) < 4.78 is 23.5. The van der Waals surface area contributed by atoms with Crippen molar-refractivity contribution in [3.63, 3.8) is 0 Å². The minimum absolute atomic E-state index is 0.451. The maximum atomic E-state index is 12.6. The molecule has 5 heteroatoms. The van der Waals surface area contributed by atoms with E-state index in [0.717, 1.165) is 31.4 Å². The lowest BCUT2D eigenvalue weighted by Crippen LogP contribution is -1.97. The predicted molar refractivity (Wildman–Crippen MR) is 82.6 cm³/mol. The minimum atomic E-state index is -3.16. The van der Waals surface area contributed by atoms with E-state index in [-0.39, 0.29) is 0 Å². The fraction of sp³-hybridized carbons (Fsp3) is 0.533. The van der Waals surface area contributed by atoms with Crippen LogP contribution in [0.25, 0.3) is 6.08 Å². The standard InChI is InChI=1S/C15H24NO3P/c1-3-5-12-18-20(17,19-13-6-4-2)14-10-15-9-7-8-11-16-15/h7-11,14H,3-6,12-13H2,1-2H3/b14-10+. The van der Waals surface area contributed by atoms with Gasteiger partial charge in [0, 0.05) is 12.0 Å². The number of unbranched alkanes of at least 4 members (excludes halogenated alkanes) is 2. The summed E-state index contributed by atoms with van der Waals surface area (Å²) in [4.78, 5) is 4.16. The van der Waals surface area contributed by atoms with E-state index in [4.69, 9.17) is 9.05 Å². The van der Waals surface area contributed by atoms with Gasteiger partial charge in [0.15, 0.2) is 0 Å². The average molecular weight is 297 g/mol. The fourth-order valence-corrected chi connectivity index (χ4v) is 2.79. The van der Waals surface area contributed by atoms with Crippen molar-refractivity contribution in [2.24, 2.45) is 0 Å². The summed E-state index contributed by atoms with van der Waals surface area (Å²) in [6.07, 6.45) is 7.13. The zero-order valence-corrected chi connectivity index (χ0v) is 13.2. The SMILES string of the molecule is CCCCOP(=O)(/C=C/c1ccccn1)OCCCC. The Balaban J connectivity index is 2.65. The molecule has 0 N–H and O–H groups in total. The Hall–Kier alpha value is -0.960. The summed E-state index contributed by atoms with van der Waals surface area (Å²) in [7, 11) is -3.16. The normalized spacial score (nSPS) is 12.1. The first-order valence-corrected chi connectivity index (χ1v) is 8.80. The van der Waals surface area contributed by atoms with Gasteiger partial charge in [-0.3, -0.25) is 9.55 Å². The molecular weight excluding hydrogens is 273 g/mol. The van der Waals surface area contributed by atoms with Gasteiger partial charge in [0.05, 0.1) is 18.9 Å². The lowest BCUT2D eigenvalue weighted by atomic mass is 10.3. The Morgan fingerprint density at radius 2 is 1.80 bits per heavy atom. The van der Waals surface area contributed by atoms with Gasteiger partial charge in [-0.25, -0.2) is 0 Å². The number of pyridine rings is 1. The summed E-state index contributed by atoms with van der Waals surface area (Å²) in [5.74, 6) is 1.51. The molecule has 0 spiro atoms. The highest BCUT2D eigenvalue weighted by molar-refractivity contribution is 7.57. The van der Waals surface area contributed by atoms with Crippen molar-refractivity contribution >= 4 is 13.7 Å². The van der Waals surface area contributed by atoms with Gasteiger partial charge in [0.25, 0.3) is 0 Å². The zero-order valence-electron chi connectivity index (χ0n) is 12.3. The smallest absolute Gasteiger partial charge is 0.306 e. The zero-order chi connectivity index (χ0) is 14.7. The summed E-state index contributed by atoms with van der Waals surface area (Å²) in [5, 5.41) is 0. The number of nitrogens with zero attached hydrogens (tertiary/aromatic N) is 1. The van der Waals surface area contributed by atoms with Crippen LogP contribution in [0.1, 0.15) is 45.2 Å². The lowest BCUT2D eigenvalue weighted by Gasteiger charge is -2.14. The van der Waals surface area contributed by atoms with Crippen molar-refractivity contribution in [1.29, 1.82) is 0 Å². The van der Waals surface area contributed by atoms with Crippen LogP contribution in [0.5, 0.6) is 0 Å². The Morgan fingerprint density at radius 3 is 2.30 bits per heavy atom. The number of rotatable bonds is 10. The Bertz CT molecular complexity index is 420. The van der Waals surface area contributed by atoms with E-state index in [9.17, 15) is 4.57 Å². The van der Waals surface area contributed by atoms with Crippen molar-refractivity contribution in [2.45, 2.75) is 39.5 Å². The van der Waals surface area contributed by atoms with E-state index in [1.165, 1.54) is 5.82 Å². The summed E-state index contributed by atoms with van der Waals surface area (Å²) >= 11 is 0. The lowest BCUT2D eigenvalue weighted by molar-refractivity contribution is 0.208. The highest BCUT2D eigenvalue weighted by Gasteiger charge is 2.20. The van der Waals surface area contributed by atoms with E-state index in [1.807, 2.05) is 18.2 Å². The van der Waals surface area contributed by atoms with Crippen LogP contribution in [-0.4, -0.2) is 18.2 Å². The van der Waals surface area contributed by atoms with E-state index in [0.29, 0.717) is 13.2 Å². The molecule has 0 aliphatic carbocycles. The van der Waals surface area contributed by atoms with Gasteiger partial charge in [-0.1, -0.05) is 32.8 Å². The molecule has 0 atom stereocenters. The molecule has 1 rings (SSSR count). The Kier molecular flexibility index (Phi) is 8.43. The molecule has 1 heterocycles. The highest BCUT2D eigenvalue weighted by Crippen LogP contribution is 2.50. The van der Waals surface area contributed by atoms with Crippen molar-refractivity contribution in [2.75, 3.05) is 13.2 Å². The number of hydrogen-bond acceptors (Lipinski definition) is 4. The van der Waals surface area contributed by atoms with E-state index >= 15 is 0 Å². The van der Waals surface area contributed by atoms with Gasteiger partial charge in [0.2, 0.25) is 0 Å². The van der Waals surface area contributed by atoms with E-state index < -0.39 is 7.60 Å². The average Bonchev–Trinajstić information content (AvgIpc) is 2.47. The van der Waals surface area contributed by atoms with Gasteiger partial charge >= 0.3 is 7.60 Å². The molecule has 0 aliphatic rings. The molecule has 20 heavy (non-hydrogen) atoms. The van der Waals surface area contributed by atoms with Gasteiger partial charge in [0.1, 0.15) is 0 Å². The van der Waals surface area contributed by atoms with Crippen molar-refractivity contribution in [3.05, 3.63) is 35.9 Å². The second-order valence-corrected chi connectivity index (χ2v) is 6.38. The van der Waals surface area contributed by atoms with Crippen LogP contribution in [0.4, 0.5) is 0 Å². The maximum Gasteiger partial charge on any atom is 0.354 e. The van der Waals surface area contributed by atoms with Crippen LogP contribution >= 0.6 is 7.60 Å². The first-order valence-electron chi connectivity index (χ1n) is 7.19. The quantitative estimate of drug-likeness (QED) is 0.456. The molecule has 1 aromatic heterocycles. The third kappa shape index (κ3) is 6.99. The van der Waals surface area contributed by atoms with Crippen LogP contribution in [0.15, 0.2) is 30.2 Å². The van der Waals surface area contributed by atoms with E-state index in [2.05, 4.69) is 18.8 Å². The first-order chi connectivity index (χ1) is 9.70. The molecule has 0 aliphatic heterocycles. The number of hydrogen-bond donors (Lipinski definition) is 0. The van der Waals surface area contributed by atoms with Crippen LogP contribution in [0, 0.1) is 0 Å². The van der Waals surface area contributed by atoms with Crippen LogP contribution in [0.2, 0.25) is 0 Å². The summed E-state index contributed by atoms with van der Waals surface area (Å²) in [6, 6.07) is 5.57. The fourth-order valence-electron chi connectivity index (χ4n) is 1.44. The van der Waals surface area contributed by atoms with Gasteiger partial charge in [-0.2, -0.15) is 0 Å². The molecule has 0 saturated heterocycles. The molecule has 0 fully saturated rings. The number of aromatic nitrogens is 1. The molecule has 1 aromatic rings. The summed E-state index contributed by atoms with van der Waals surface area (Å²) in [5.41, 5.74) is 0.742. The molecule has 0 unspecified atom stereocenters. The topological polar surface area (TPSA) is 48.4 Å². The molecule has 0 bridgehead atoms. The van der Waals surface area contributed by atoms with Gasteiger partial charge in [-0.15, -0.1) is 0 Å². The Labute approximate surface area is 121 Å². The van der Waals surface area contributed by atoms with Crippen LogP contribution in [0.3, 0.4) is 0 Å². The molecule has 0 saturated carbocycles. The molecule has 0 aromatic carbocycles. The molecule has 112 valence electrons. The maximum absolute atomic E-state index is 12.6. The molecular formula is C15H24NO3P. The first kappa shape index (κ1) is 17.1. The second-order valence-electron chi connectivity index (χ2n) is 4.48. The largest absolute Gasteiger partial charge is 0.354 e. The predicted octanol–water partition coefficient (Wildman–Crippen LogP) is 4.88. The minimum Gasteiger partial charge on any atom is -0.306 e. The van der Waals surface area contributed by atoms with Gasteiger partial charge in [-0.05, 0) is 31.1 Å². The molecule has 0 radical (unpaired) electrons. The van der Waals surface area contributed by atoms with Crippen LogP contribution in [-0.2, 0) is 13.6 Å². The van der Waals surface area contributed by atoms with Crippen LogP contribution < -0.4 is 0 Å². The Morgan fingerprint density at radius 1 is 1.15 bits per heavy atom. The third-order valence-corrected chi connectivity index (χ3v) is 4.25. The molecule has 0 amide bonds.